The first kappa shape index (κ1) is 12.6. The van der Waals surface area contributed by atoms with Crippen LogP contribution in [-0.4, -0.2) is 28.6 Å². The fraction of sp³-hybridized carbons (Fsp3) is 0.667. The first-order valence-electron chi connectivity index (χ1n) is 3.75. The lowest BCUT2D eigenvalue weighted by Crippen LogP contribution is -2.36. The molecule has 0 aromatic rings. The molecule has 0 aromatic heterocycles. The Hall–Kier alpha value is -0.400. The molecule has 0 radical (unpaired) electrons. The summed E-state index contributed by atoms with van der Waals surface area (Å²) in [4.78, 5) is 19.4. The first-order valence-corrected chi connectivity index (χ1v) is 4.64. The number of rotatable bonds is 1. The second kappa shape index (κ2) is 7.05. The quantitative estimate of drug-likeness (QED) is 0.493. The van der Waals surface area contributed by atoms with Gasteiger partial charge >= 0.3 is 0 Å². The molecule has 76 valence electrons. The van der Waals surface area contributed by atoms with Crippen LogP contribution in [0.15, 0.2) is 0 Å². The van der Waals surface area contributed by atoms with Crippen LogP contribution in [0.2, 0.25) is 0 Å². The third-order valence-corrected chi connectivity index (χ3v) is 1.46. The van der Waals surface area contributed by atoms with Crippen LogP contribution in [0.1, 0.15) is 12.8 Å². The zero-order valence-corrected chi connectivity index (χ0v) is 8.85. The van der Waals surface area contributed by atoms with E-state index in [2.05, 4.69) is 36.4 Å². The molecule has 1 rings (SSSR count). The van der Waals surface area contributed by atoms with Gasteiger partial charge in [-0.1, -0.05) is 25.3 Å². The number of nitrogens with one attached hydrogen (secondary N) is 1. The molecule has 3 N–H and O–H groups in total. The van der Waals surface area contributed by atoms with Gasteiger partial charge in [0.1, 0.15) is 0 Å². The van der Waals surface area contributed by atoms with Crippen molar-refractivity contribution < 1.29 is 9.59 Å². The highest BCUT2D eigenvalue weighted by atomic mass is 32.1. The maximum absolute atomic E-state index is 10.3. The molecular weight excluding hydrogens is 210 g/mol. The van der Waals surface area contributed by atoms with Crippen LogP contribution in [-0.2, 0) is 0 Å². The van der Waals surface area contributed by atoms with Crippen molar-refractivity contribution in [3.63, 3.8) is 0 Å². The summed E-state index contributed by atoms with van der Waals surface area (Å²) in [7, 11) is 0. The molecule has 1 fully saturated rings. The Morgan fingerprint density at radius 2 is 1.62 bits per heavy atom. The van der Waals surface area contributed by atoms with E-state index in [9.17, 15) is 4.79 Å². The van der Waals surface area contributed by atoms with Crippen molar-refractivity contribution >= 4 is 35.7 Å². The Morgan fingerprint density at radius 3 is 1.92 bits per heavy atom. The normalized spacial score (nSPS) is 15.8. The molecule has 0 aliphatic carbocycles. The third kappa shape index (κ3) is 9.51. The number of thiol groups is 2. The van der Waals surface area contributed by atoms with Crippen LogP contribution >= 0.6 is 25.3 Å². The topological polar surface area (TPSA) is 75.4 Å². The molecule has 1 aliphatic rings. The lowest BCUT2D eigenvalue weighted by atomic mass is 10.4. The number of nitrogens with two attached hydrogens (primary N) is 1. The van der Waals surface area contributed by atoms with Crippen LogP contribution in [0.5, 0.6) is 0 Å². The molecule has 1 heterocycles. The van der Waals surface area contributed by atoms with Crippen molar-refractivity contribution in [2.45, 2.75) is 12.8 Å². The number of hydrogen-bond donors (Lipinski definition) is 4. The van der Waals surface area contributed by atoms with E-state index in [4.69, 9.17) is 4.79 Å². The van der Waals surface area contributed by atoms with Crippen LogP contribution < -0.4 is 11.2 Å². The Bertz CT molecular complexity index is 179. The van der Waals surface area contributed by atoms with Gasteiger partial charge in [-0.05, 0) is 12.8 Å². The molecule has 2 amide bonds. The minimum atomic E-state index is -0.639. The van der Waals surface area contributed by atoms with E-state index >= 15 is 0 Å². The van der Waals surface area contributed by atoms with E-state index in [1.165, 1.54) is 12.8 Å². The molecule has 0 atom stereocenters. The van der Waals surface area contributed by atoms with Gasteiger partial charge in [0.05, 0.1) is 0 Å². The van der Waals surface area contributed by atoms with Crippen molar-refractivity contribution in [3.05, 3.63) is 0 Å². The highest BCUT2D eigenvalue weighted by Gasteiger charge is 2.11. The maximum Gasteiger partial charge on any atom is 0.290 e. The molecule has 0 saturated carbocycles. The highest BCUT2D eigenvalue weighted by Crippen LogP contribution is 2.03. The van der Waals surface area contributed by atoms with E-state index < -0.39 is 5.24 Å². The summed E-state index contributed by atoms with van der Waals surface area (Å²) in [5.74, 6) is 0. The van der Waals surface area contributed by atoms with E-state index in [0.717, 1.165) is 13.1 Å². The number of amides is 2. The van der Waals surface area contributed by atoms with Gasteiger partial charge in [-0.2, -0.15) is 0 Å². The molecular formula is C6H13N3O2S2. The van der Waals surface area contributed by atoms with Gasteiger partial charge < -0.3 is 5.73 Å². The van der Waals surface area contributed by atoms with Crippen molar-refractivity contribution in [2.75, 3.05) is 13.1 Å². The largest absolute Gasteiger partial charge is 0.361 e. The van der Waals surface area contributed by atoms with Gasteiger partial charge in [0.25, 0.3) is 10.5 Å². The van der Waals surface area contributed by atoms with E-state index in [1.54, 1.807) is 0 Å². The van der Waals surface area contributed by atoms with Gasteiger partial charge in [0.2, 0.25) is 0 Å². The zero-order chi connectivity index (χ0) is 10.3. The van der Waals surface area contributed by atoms with Crippen molar-refractivity contribution in [1.29, 1.82) is 0 Å². The highest BCUT2D eigenvalue weighted by molar-refractivity contribution is 7.96. The van der Waals surface area contributed by atoms with Gasteiger partial charge in [0, 0.05) is 13.1 Å². The first-order chi connectivity index (χ1) is 6.02. The number of carbonyl (C=O) groups excluding carboxylic acids is 2. The smallest absolute Gasteiger partial charge is 0.290 e. The standard InChI is InChI=1S/C5H10N2OS.CH3NOS/c8-5(9)6-7-3-1-2-4-7;2-1(3)4/h1-4H2,(H2,6,8,9);(H3,2,3,4). The monoisotopic (exact) mass is 223 g/mol. The van der Waals surface area contributed by atoms with E-state index in [0.29, 0.717) is 0 Å². The fourth-order valence-electron chi connectivity index (χ4n) is 0.964. The van der Waals surface area contributed by atoms with E-state index in [1.807, 2.05) is 5.01 Å². The van der Waals surface area contributed by atoms with Crippen LogP contribution in [0.4, 0.5) is 9.59 Å². The Morgan fingerprint density at radius 1 is 1.23 bits per heavy atom. The van der Waals surface area contributed by atoms with Crippen molar-refractivity contribution in [1.82, 2.24) is 10.4 Å². The van der Waals surface area contributed by atoms with Gasteiger partial charge in [-0.3, -0.25) is 15.0 Å². The summed E-state index contributed by atoms with van der Waals surface area (Å²) >= 11 is 6.69. The average molecular weight is 223 g/mol. The fourth-order valence-corrected chi connectivity index (χ4v) is 1.11. The van der Waals surface area contributed by atoms with Gasteiger partial charge in [-0.25, -0.2) is 5.01 Å². The van der Waals surface area contributed by atoms with E-state index in [-0.39, 0.29) is 5.24 Å². The minimum absolute atomic E-state index is 0.267. The lowest BCUT2D eigenvalue weighted by molar-refractivity contribution is 0.218. The molecule has 1 saturated heterocycles. The molecule has 0 spiro atoms. The van der Waals surface area contributed by atoms with Crippen LogP contribution in [0.3, 0.4) is 0 Å². The second-order valence-electron chi connectivity index (χ2n) is 2.45. The summed E-state index contributed by atoms with van der Waals surface area (Å²) < 4.78 is 0. The number of hydrogen-bond acceptors (Lipinski definition) is 3. The molecule has 13 heavy (non-hydrogen) atoms. The third-order valence-electron chi connectivity index (χ3n) is 1.36. The summed E-state index contributed by atoms with van der Waals surface area (Å²) in [6.45, 7) is 1.93. The van der Waals surface area contributed by atoms with Gasteiger partial charge in [-0.15, -0.1) is 0 Å². The maximum atomic E-state index is 10.3. The lowest BCUT2D eigenvalue weighted by Gasteiger charge is -2.12. The minimum Gasteiger partial charge on any atom is -0.361 e. The van der Waals surface area contributed by atoms with Crippen LogP contribution in [0, 0.1) is 0 Å². The Labute approximate surface area is 87.8 Å². The zero-order valence-electron chi connectivity index (χ0n) is 7.06. The predicted octanol–water partition coefficient (Wildman–Crippen LogP) is 0.632. The van der Waals surface area contributed by atoms with Crippen LogP contribution in [0.25, 0.3) is 0 Å². The summed E-state index contributed by atoms with van der Waals surface area (Å²) in [6, 6.07) is 0. The molecule has 0 aromatic carbocycles. The SMILES string of the molecule is NC(=O)S.O=C(S)NN1CCCC1. The molecule has 7 heteroatoms. The molecule has 1 aliphatic heterocycles. The molecule has 0 unspecified atom stereocenters. The number of carbonyl (C=O) groups is 2. The van der Waals surface area contributed by atoms with Gasteiger partial charge in [0.15, 0.2) is 0 Å². The summed E-state index contributed by atoms with van der Waals surface area (Å²) in [6.07, 6.45) is 2.35. The molecule has 0 bridgehead atoms. The number of hydrazine groups is 1. The van der Waals surface area contributed by atoms with Crippen molar-refractivity contribution in [3.8, 4) is 0 Å². The number of primary amides is 1. The number of nitrogens with zero attached hydrogens (tertiary/aromatic N) is 1. The summed E-state index contributed by atoms with van der Waals surface area (Å²) in [5.41, 5.74) is 6.94. The van der Waals surface area contributed by atoms with Crippen molar-refractivity contribution in [2.24, 2.45) is 5.73 Å². The molecule has 5 nitrogen and oxygen atoms in total. The summed E-state index contributed by atoms with van der Waals surface area (Å²) in [5, 5.41) is 0.979. The second-order valence-corrected chi connectivity index (χ2v) is 3.30. The predicted molar refractivity (Wildman–Crippen MR) is 56.9 cm³/mol. The average Bonchev–Trinajstić information content (AvgIpc) is 2.36. The Kier molecular flexibility index (Phi) is 6.83. The Balaban J connectivity index is 0.000000310.